The number of benzene rings is 1. The molecule has 0 aliphatic carbocycles. The highest BCUT2D eigenvalue weighted by Gasteiger charge is 2.28. The van der Waals surface area contributed by atoms with Gasteiger partial charge < -0.3 is 15.2 Å². The van der Waals surface area contributed by atoms with Crippen molar-refractivity contribution >= 4 is 5.91 Å². The average Bonchev–Trinajstić information content (AvgIpc) is 2.36. The van der Waals surface area contributed by atoms with Crippen LogP contribution in [0.4, 0.5) is 8.78 Å². The number of nitrogens with one attached hydrogen (secondary N) is 1. The van der Waals surface area contributed by atoms with E-state index in [1.54, 1.807) is 13.0 Å². The Morgan fingerprint density at radius 3 is 2.72 bits per heavy atom. The maximum atomic E-state index is 12.7. The van der Waals surface area contributed by atoms with Crippen molar-refractivity contribution in [1.29, 1.82) is 0 Å². The van der Waals surface area contributed by atoms with Crippen LogP contribution in [0.1, 0.15) is 15.9 Å². The number of hydrogen-bond acceptors (Lipinski definition) is 3. The molecule has 0 aliphatic heterocycles. The first-order valence-corrected chi connectivity index (χ1v) is 5.31. The molecule has 18 heavy (non-hydrogen) atoms. The summed E-state index contributed by atoms with van der Waals surface area (Å²) in [5.41, 5.74) is 1.07. The van der Waals surface area contributed by atoms with Crippen LogP contribution >= 0.6 is 0 Å². The predicted octanol–water partition coefficient (Wildman–Crippen LogP) is 1.36. The molecule has 0 heterocycles. The lowest BCUT2D eigenvalue weighted by Crippen LogP contribution is -2.38. The SMILES string of the molecule is COc1cc(C(=O)NCC(F)(F)CO)ccc1C. The highest BCUT2D eigenvalue weighted by Crippen LogP contribution is 2.19. The van der Waals surface area contributed by atoms with Gasteiger partial charge in [0.05, 0.1) is 13.7 Å². The van der Waals surface area contributed by atoms with Crippen molar-refractivity contribution in [1.82, 2.24) is 5.32 Å². The van der Waals surface area contributed by atoms with Crippen molar-refractivity contribution in [3.8, 4) is 5.75 Å². The van der Waals surface area contributed by atoms with E-state index in [1.165, 1.54) is 19.2 Å². The monoisotopic (exact) mass is 259 g/mol. The van der Waals surface area contributed by atoms with Crippen LogP contribution in [-0.4, -0.2) is 37.2 Å². The zero-order valence-corrected chi connectivity index (χ0v) is 10.2. The van der Waals surface area contributed by atoms with Crippen molar-refractivity contribution < 1.29 is 23.4 Å². The van der Waals surface area contributed by atoms with E-state index in [1.807, 2.05) is 0 Å². The summed E-state index contributed by atoms with van der Waals surface area (Å²) < 4.78 is 30.5. The standard InChI is InChI=1S/C12H15F2NO3/c1-8-3-4-9(5-10(8)18-2)11(17)15-6-12(13,14)7-16/h3-5,16H,6-7H2,1-2H3,(H,15,17). The first-order valence-electron chi connectivity index (χ1n) is 5.31. The maximum Gasteiger partial charge on any atom is 0.287 e. The maximum absolute atomic E-state index is 12.7. The molecule has 0 saturated carbocycles. The second-order valence-electron chi connectivity index (χ2n) is 3.88. The van der Waals surface area contributed by atoms with Crippen LogP contribution in [0.25, 0.3) is 0 Å². The lowest BCUT2D eigenvalue weighted by Gasteiger charge is -2.14. The van der Waals surface area contributed by atoms with Gasteiger partial charge in [-0.05, 0) is 24.6 Å². The summed E-state index contributed by atoms with van der Waals surface area (Å²) in [6, 6.07) is 4.66. The first-order chi connectivity index (χ1) is 8.39. The third-order valence-corrected chi connectivity index (χ3v) is 2.41. The first kappa shape index (κ1) is 14.4. The number of methoxy groups -OCH3 is 1. The zero-order valence-electron chi connectivity index (χ0n) is 10.2. The van der Waals surface area contributed by atoms with Gasteiger partial charge in [-0.15, -0.1) is 0 Å². The Hall–Kier alpha value is -1.69. The molecular formula is C12H15F2NO3. The van der Waals surface area contributed by atoms with Crippen LogP contribution in [-0.2, 0) is 0 Å². The number of rotatable bonds is 5. The van der Waals surface area contributed by atoms with Crippen molar-refractivity contribution in [3.63, 3.8) is 0 Å². The van der Waals surface area contributed by atoms with Crippen molar-refractivity contribution in [2.75, 3.05) is 20.3 Å². The van der Waals surface area contributed by atoms with Gasteiger partial charge in [0.25, 0.3) is 11.8 Å². The average molecular weight is 259 g/mol. The molecule has 0 aromatic heterocycles. The van der Waals surface area contributed by atoms with Gasteiger partial charge in [-0.1, -0.05) is 6.07 Å². The van der Waals surface area contributed by atoms with E-state index in [-0.39, 0.29) is 5.56 Å². The Kier molecular flexibility index (Phi) is 4.61. The number of carbonyl (C=O) groups is 1. The van der Waals surface area contributed by atoms with Crippen molar-refractivity contribution in [3.05, 3.63) is 29.3 Å². The number of halogens is 2. The Balaban J connectivity index is 2.73. The summed E-state index contributed by atoms with van der Waals surface area (Å²) in [4.78, 5) is 11.6. The van der Waals surface area contributed by atoms with Crippen LogP contribution in [0.5, 0.6) is 5.75 Å². The van der Waals surface area contributed by atoms with Gasteiger partial charge in [-0.2, -0.15) is 0 Å². The van der Waals surface area contributed by atoms with Gasteiger partial charge >= 0.3 is 0 Å². The summed E-state index contributed by atoms with van der Waals surface area (Å²) in [7, 11) is 1.46. The second-order valence-corrected chi connectivity index (χ2v) is 3.88. The van der Waals surface area contributed by atoms with Crippen molar-refractivity contribution in [2.24, 2.45) is 0 Å². The lowest BCUT2D eigenvalue weighted by molar-refractivity contribution is -0.0462. The predicted molar refractivity (Wildman–Crippen MR) is 62.1 cm³/mol. The molecule has 0 atom stereocenters. The number of amides is 1. The molecule has 1 aromatic rings. The summed E-state index contributed by atoms with van der Waals surface area (Å²) in [6.45, 7) is -0.399. The van der Waals surface area contributed by atoms with Gasteiger partial charge in [0, 0.05) is 5.56 Å². The van der Waals surface area contributed by atoms with Crippen molar-refractivity contribution in [2.45, 2.75) is 12.8 Å². The molecule has 1 amide bonds. The van der Waals surface area contributed by atoms with E-state index in [9.17, 15) is 13.6 Å². The molecule has 0 spiro atoms. The normalized spacial score (nSPS) is 11.2. The van der Waals surface area contributed by atoms with Gasteiger partial charge in [0.2, 0.25) is 0 Å². The fourth-order valence-electron chi connectivity index (χ4n) is 1.33. The lowest BCUT2D eigenvalue weighted by atomic mass is 10.1. The van der Waals surface area contributed by atoms with Crippen LogP contribution in [0.15, 0.2) is 18.2 Å². The molecule has 1 rings (SSSR count). The van der Waals surface area contributed by atoms with Crippen LogP contribution in [0.3, 0.4) is 0 Å². The molecule has 0 fully saturated rings. The molecule has 6 heteroatoms. The number of aliphatic hydroxyl groups is 1. The van der Waals surface area contributed by atoms with Crippen LogP contribution in [0, 0.1) is 6.92 Å². The molecule has 0 bridgehead atoms. The van der Waals surface area contributed by atoms with E-state index < -0.39 is 25.0 Å². The minimum Gasteiger partial charge on any atom is -0.496 e. The number of hydrogen-bond donors (Lipinski definition) is 2. The third-order valence-electron chi connectivity index (χ3n) is 2.41. The quantitative estimate of drug-likeness (QED) is 0.839. The summed E-state index contributed by atoms with van der Waals surface area (Å²) in [5.74, 6) is -3.44. The number of carbonyl (C=O) groups excluding carboxylic acids is 1. The summed E-state index contributed by atoms with van der Waals surface area (Å²) in [5, 5.41) is 10.4. The van der Waals surface area contributed by atoms with Gasteiger partial charge in [0.15, 0.2) is 0 Å². The Morgan fingerprint density at radius 2 is 2.17 bits per heavy atom. The van der Waals surface area contributed by atoms with Crippen LogP contribution in [0.2, 0.25) is 0 Å². The Bertz CT molecular complexity index is 435. The number of aliphatic hydroxyl groups excluding tert-OH is 1. The molecule has 4 nitrogen and oxygen atoms in total. The summed E-state index contributed by atoms with van der Waals surface area (Å²) >= 11 is 0. The minimum absolute atomic E-state index is 0.228. The molecule has 0 saturated heterocycles. The summed E-state index contributed by atoms with van der Waals surface area (Å²) in [6.07, 6.45) is 0. The number of aryl methyl sites for hydroxylation is 1. The Morgan fingerprint density at radius 1 is 1.50 bits per heavy atom. The van der Waals surface area contributed by atoms with Gasteiger partial charge in [-0.3, -0.25) is 4.79 Å². The van der Waals surface area contributed by atoms with E-state index in [2.05, 4.69) is 5.32 Å². The molecule has 0 aliphatic rings. The fraction of sp³-hybridized carbons (Fsp3) is 0.417. The highest BCUT2D eigenvalue weighted by molar-refractivity contribution is 5.94. The zero-order chi connectivity index (χ0) is 13.8. The van der Waals surface area contributed by atoms with E-state index in [0.29, 0.717) is 5.75 Å². The number of ether oxygens (including phenoxy) is 1. The van der Waals surface area contributed by atoms with E-state index in [0.717, 1.165) is 5.56 Å². The smallest absolute Gasteiger partial charge is 0.287 e. The van der Waals surface area contributed by atoms with Gasteiger partial charge in [0.1, 0.15) is 12.4 Å². The number of alkyl halides is 2. The fourth-order valence-corrected chi connectivity index (χ4v) is 1.33. The molecular weight excluding hydrogens is 244 g/mol. The van der Waals surface area contributed by atoms with Crippen LogP contribution < -0.4 is 10.1 Å². The molecule has 0 radical (unpaired) electrons. The van der Waals surface area contributed by atoms with E-state index >= 15 is 0 Å². The molecule has 1 aromatic carbocycles. The molecule has 100 valence electrons. The largest absolute Gasteiger partial charge is 0.496 e. The highest BCUT2D eigenvalue weighted by atomic mass is 19.3. The van der Waals surface area contributed by atoms with Gasteiger partial charge in [-0.25, -0.2) is 8.78 Å². The third kappa shape index (κ3) is 3.66. The minimum atomic E-state index is -3.32. The topological polar surface area (TPSA) is 58.6 Å². The molecule has 0 unspecified atom stereocenters. The van der Waals surface area contributed by atoms with E-state index in [4.69, 9.17) is 9.84 Å². The molecule has 2 N–H and O–H groups in total. The second kappa shape index (κ2) is 5.77. The Labute approximate surface area is 104 Å².